The van der Waals surface area contributed by atoms with Crippen molar-refractivity contribution >= 4 is 11.6 Å². The zero-order valence-corrected chi connectivity index (χ0v) is 10.3. The molecule has 0 radical (unpaired) electrons. The molecule has 0 saturated carbocycles. The van der Waals surface area contributed by atoms with Gasteiger partial charge in [0.05, 0.1) is 5.56 Å². The van der Waals surface area contributed by atoms with Gasteiger partial charge in [0.15, 0.2) is 0 Å². The first-order chi connectivity index (χ1) is 8.29. The normalized spacial score (nSPS) is 14.7. The van der Waals surface area contributed by atoms with Crippen LogP contribution in [0.15, 0.2) is 29.3 Å². The predicted octanol–water partition coefficient (Wildman–Crippen LogP) is 4.03. The van der Waals surface area contributed by atoms with Crippen molar-refractivity contribution in [1.29, 1.82) is 0 Å². The first-order valence-electron chi connectivity index (χ1n) is 5.16. The van der Waals surface area contributed by atoms with Crippen LogP contribution in [0.3, 0.4) is 0 Å². The number of benzene rings is 1. The van der Waals surface area contributed by atoms with E-state index in [1.165, 1.54) is 5.54 Å². The summed E-state index contributed by atoms with van der Waals surface area (Å²) in [6, 6.07) is 2.42. The largest absolute Gasteiger partial charge is 0.416 e. The fourth-order valence-electron chi connectivity index (χ4n) is 1.56. The lowest BCUT2D eigenvalue weighted by Crippen LogP contribution is -2.11. The monoisotopic (exact) mass is 281 g/mol. The number of nitrogens with two attached hydrogens (primary N) is 1. The van der Waals surface area contributed by atoms with E-state index in [2.05, 4.69) is 0 Å². The molecule has 6 heteroatoms. The van der Waals surface area contributed by atoms with Crippen LogP contribution in [0, 0.1) is 5.82 Å². The summed E-state index contributed by atoms with van der Waals surface area (Å²) in [6.07, 6.45) is -4.58. The van der Waals surface area contributed by atoms with Crippen molar-refractivity contribution in [3.63, 3.8) is 0 Å². The molecule has 1 aromatic rings. The van der Waals surface area contributed by atoms with Crippen molar-refractivity contribution in [2.24, 2.45) is 5.73 Å². The van der Waals surface area contributed by atoms with Crippen LogP contribution in [0.2, 0.25) is 0 Å². The first kappa shape index (κ1) is 15.0. The molecule has 0 aliphatic carbocycles. The summed E-state index contributed by atoms with van der Waals surface area (Å²) in [5, 5.41) is 0. The smallest absolute Gasteiger partial charge is 0.327 e. The van der Waals surface area contributed by atoms with Crippen LogP contribution >= 0.6 is 11.6 Å². The highest BCUT2D eigenvalue weighted by atomic mass is 35.5. The highest BCUT2D eigenvalue weighted by molar-refractivity contribution is 6.25. The van der Waals surface area contributed by atoms with Gasteiger partial charge in [0.1, 0.15) is 5.82 Å². The van der Waals surface area contributed by atoms with Gasteiger partial charge >= 0.3 is 6.18 Å². The second-order valence-electron chi connectivity index (χ2n) is 3.88. The van der Waals surface area contributed by atoms with Crippen LogP contribution in [0.1, 0.15) is 24.0 Å². The second kappa shape index (κ2) is 5.71. The van der Waals surface area contributed by atoms with Crippen LogP contribution in [0.25, 0.3) is 0 Å². The molecule has 2 N–H and O–H groups in total. The van der Waals surface area contributed by atoms with Crippen LogP contribution in [0.5, 0.6) is 0 Å². The maximum Gasteiger partial charge on any atom is 0.416 e. The Morgan fingerprint density at radius 2 is 2.00 bits per heavy atom. The van der Waals surface area contributed by atoms with E-state index in [0.717, 1.165) is 12.1 Å². The Morgan fingerprint density at radius 1 is 1.39 bits per heavy atom. The predicted molar refractivity (Wildman–Crippen MR) is 62.8 cm³/mol. The maximum absolute atomic E-state index is 13.2. The summed E-state index contributed by atoms with van der Waals surface area (Å²) < 4.78 is 50.8. The number of halogens is 5. The molecule has 1 unspecified atom stereocenters. The fraction of sp³-hybridized carbons (Fsp3) is 0.333. The summed E-state index contributed by atoms with van der Waals surface area (Å²) in [7, 11) is 0. The molecule has 0 amide bonds. The third-order valence-electron chi connectivity index (χ3n) is 2.68. The van der Waals surface area contributed by atoms with Gasteiger partial charge < -0.3 is 5.73 Å². The van der Waals surface area contributed by atoms with E-state index in [1.54, 1.807) is 6.92 Å². The molecule has 1 atom stereocenters. The van der Waals surface area contributed by atoms with E-state index >= 15 is 0 Å². The van der Waals surface area contributed by atoms with Gasteiger partial charge in [-0.15, -0.1) is 0 Å². The van der Waals surface area contributed by atoms with Crippen molar-refractivity contribution in [3.05, 3.63) is 46.3 Å². The highest BCUT2D eigenvalue weighted by Crippen LogP contribution is 2.33. The fourth-order valence-corrected chi connectivity index (χ4v) is 1.83. The van der Waals surface area contributed by atoms with Crippen molar-refractivity contribution < 1.29 is 17.6 Å². The number of alkyl halides is 3. The summed E-state index contributed by atoms with van der Waals surface area (Å²) in [5.74, 6) is -1.40. The van der Waals surface area contributed by atoms with Gasteiger partial charge in [-0.3, -0.25) is 0 Å². The van der Waals surface area contributed by atoms with Crippen molar-refractivity contribution in [3.8, 4) is 0 Å². The minimum Gasteiger partial charge on any atom is -0.327 e. The molecule has 0 bridgehead atoms. The van der Waals surface area contributed by atoms with Crippen LogP contribution in [0.4, 0.5) is 17.6 Å². The molecule has 0 aliphatic heterocycles. The highest BCUT2D eigenvalue weighted by Gasteiger charge is 2.31. The third-order valence-corrected chi connectivity index (χ3v) is 2.96. The Labute approximate surface area is 107 Å². The standard InChI is InChI=1S/C12H12ClF4N/c1-7(9(5-13)6-18)8-2-10(12(15,16)17)4-11(14)3-8/h2-5,7H,6,18H2,1H3/b9-5-. The van der Waals surface area contributed by atoms with Gasteiger partial charge in [-0.1, -0.05) is 18.5 Å². The first-order valence-corrected chi connectivity index (χ1v) is 5.60. The van der Waals surface area contributed by atoms with Gasteiger partial charge in [-0.25, -0.2) is 4.39 Å². The lowest BCUT2D eigenvalue weighted by atomic mass is 9.92. The molecule has 1 nitrogen and oxygen atoms in total. The van der Waals surface area contributed by atoms with Gasteiger partial charge in [0, 0.05) is 18.0 Å². The van der Waals surface area contributed by atoms with Gasteiger partial charge in [-0.2, -0.15) is 13.2 Å². The molecule has 100 valence electrons. The summed E-state index contributed by atoms with van der Waals surface area (Å²) in [4.78, 5) is 0. The van der Waals surface area contributed by atoms with E-state index < -0.39 is 23.5 Å². The van der Waals surface area contributed by atoms with Gasteiger partial charge in [0.25, 0.3) is 0 Å². The Kier molecular flexibility index (Phi) is 4.76. The number of hydrogen-bond donors (Lipinski definition) is 1. The Morgan fingerprint density at radius 3 is 2.44 bits per heavy atom. The molecular formula is C12H12ClF4N. The minimum atomic E-state index is -4.58. The summed E-state index contributed by atoms with van der Waals surface area (Å²) in [5.41, 5.74) is 6.34. The molecule has 1 aromatic carbocycles. The number of hydrogen-bond acceptors (Lipinski definition) is 1. The lowest BCUT2D eigenvalue weighted by molar-refractivity contribution is -0.137. The lowest BCUT2D eigenvalue weighted by Gasteiger charge is -2.16. The van der Waals surface area contributed by atoms with Crippen molar-refractivity contribution in [2.75, 3.05) is 6.54 Å². The van der Waals surface area contributed by atoms with Crippen molar-refractivity contribution in [2.45, 2.75) is 19.0 Å². The van der Waals surface area contributed by atoms with Crippen molar-refractivity contribution in [1.82, 2.24) is 0 Å². The van der Waals surface area contributed by atoms with E-state index in [-0.39, 0.29) is 12.1 Å². The molecule has 1 rings (SSSR count). The molecule has 0 saturated heterocycles. The minimum absolute atomic E-state index is 0.0997. The van der Waals surface area contributed by atoms with Crippen LogP contribution in [-0.4, -0.2) is 6.54 Å². The summed E-state index contributed by atoms with van der Waals surface area (Å²) in [6.45, 7) is 1.72. The van der Waals surface area contributed by atoms with E-state index in [1.807, 2.05) is 0 Å². The molecule has 0 aromatic heterocycles. The molecule has 0 fully saturated rings. The average molecular weight is 282 g/mol. The number of rotatable bonds is 3. The summed E-state index contributed by atoms with van der Waals surface area (Å²) >= 11 is 5.52. The third kappa shape index (κ3) is 3.46. The van der Waals surface area contributed by atoms with Gasteiger partial charge in [0.2, 0.25) is 0 Å². The molecule has 0 heterocycles. The van der Waals surface area contributed by atoms with E-state index in [0.29, 0.717) is 11.6 Å². The Balaban J connectivity index is 3.22. The molecular weight excluding hydrogens is 270 g/mol. The SMILES string of the molecule is CC(/C(=C\Cl)CN)c1cc(F)cc(C(F)(F)F)c1. The Hall–Kier alpha value is -1.07. The second-order valence-corrected chi connectivity index (χ2v) is 4.10. The zero-order chi connectivity index (χ0) is 13.9. The molecule has 0 spiro atoms. The molecule has 0 aliphatic rings. The quantitative estimate of drug-likeness (QED) is 0.832. The zero-order valence-electron chi connectivity index (χ0n) is 9.56. The van der Waals surface area contributed by atoms with Crippen LogP contribution in [-0.2, 0) is 6.18 Å². The maximum atomic E-state index is 13.2. The van der Waals surface area contributed by atoms with E-state index in [4.69, 9.17) is 17.3 Å². The van der Waals surface area contributed by atoms with Gasteiger partial charge in [-0.05, 0) is 29.3 Å². The molecule has 18 heavy (non-hydrogen) atoms. The Bertz CT molecular complexity index is 454. The topological polar surface area (TPSA) is 26.0 Å². The average Bonchev–Trinajstić information content (AvgIpc) is 2.28. The van der Waals surface area contributed by atoms with Crippen LogP contribution < -0.4 is 5.73 Å². The van der Waals surface area contributed by atoms with E-state index in [9.17, 15) is 17.6 Å².